The summed E-state index contributed by atoms with van der Waals surface area (Å²) < 4.78 is 23.8. The Morgan fingerprint density at radius 1 is 1.12 bits per heavy atom. The van der Waals surface area contributed by atoms with Crippen molar-refractivity contribution in [2.75, 3.05) is 32.6 Å². The van der Waals surface area contributed by atoms with Gasteiger partial charge in [-0.05, 0) is 37.3 Å². The Labute approximate surface area is 151 Å². The monoisotopic (exact) mass is 360 g/mol. The number of carbonyl (C=O) groups is 2. The summed E-state index contributed by atoms with van der Waals surface area (Å²) in [6, 6.07) is 10.8. The van der Waals surface area contributed by atoms with Gasteiger partial charge in [-0.25, -0.2) is 4.39 Å². The normalized spacial score (nSPS) is 10.2. The Hall–Kier alpha value is -3.09. The highest BCUT2D eigenvalue weighted by Crippen LogP contribution is 2.19. The maximum Gasteiger partial charge on any atom is 0.254 e. The van der Waals surface area contributed by atoms with Crippen molar-refractivity contribution in [2.45, 2.75) is 6.92 Å². The quantitative estimate of drug-likeness (QED) is 0.824. The molecule has 7 heteroatoms. The van der Waals surface area contributed by atoms with Gasteiger partial charge in [-0.3, -0.25) is 9.59 Å². The molecular formula is C19H21FN2O4. The minimum Gasteiger partial charge on any atom is -0.497 e. The minimum absolute atomic E-state index is 0.0559. The molecule has 2 rings (SSSR count). The van der Waals surface area contributed by atoms with Crippen LogP contribution >= 0.6 is 0 Å². The second-order valence-electron chi connectivity index (χ2n) is 5.45. The summed E-state index contributed by atoms with van der Waals surface area (Å²) in [6.45, 7) is 1.90. The predicted molar refractivity (Wildman–Crippen MR) is 96.2 cm³/mol. The molecule has 2 aromatic carbocycles. The van der Waals surface area contributed by atoms with Crippen molar-refractivity contribution in [2.24, 2.45) is 0 Å². The zero-order chi connectivity index (χ0) is 19.1. The zero-order valence-electron chi connectivity index (χ0n) is 14.9. The number of anilines is 1. The molecule has 0 radical (unpaired) electrons. The number of ether oxygens (including phenoxy) is 2. The van der Waals surface area contributed by atoms with Crippen LogP contribution in [0, 0.1) is 5.82 Å². The predicted octanol–water partition coefficient (Wildman–Crippen LogP) is 2.94. The molecule has 26 heavy (non-hydrogen) atoms. The van der Waals surface area contributed by atoms with Crippen LogP contribution in [0.2, 0.25) is 0 Å². The second kappa shape index (κ2) is 8.84. The SMILES string of the molecule is CCN(CC(=O)Nc1cccc(OC)c1)C(=O)c1ccc(OC)c(F)c1. The highest BCUT2D eigenvalue weighted by Gasteiger charge is 2.19. The van der Waals surface area contributed by atoms with E-state index in [9.17, 15) is 14.0 Å². The summed E-state index contributed by atoms with van der Waals surface area (Å²) in [7, 11) is 2.88. The van der Waals surface area contributed by atoms with Gasteiger partial charge in [0.25, 0.3) is 5.91 Å². The van der Waals surface area contributed by atoms with E-state index in [1.807, 2.05) is 0 Å². The molecular weight excluding hydrogens is 339 g/mol. The van der Waals surface area contributed by atoms with Crippen LogP contribution in [0.3, 0.4) is 0 Å². The molecule has 0 aromatic heterocycles. The van der Waals surface area contributed by atoms with E-state index in [-0.39, 0.29) is 23.8 Å². The number of amides is 2. The first-order valence-corrected chi connectivity index (χ1v) is 8.05. The molecule has 0 saturated carbocycles. The molecule has 0 heterocycles. The van der Waals surface area contributed by atoms with Crippen LogP contribution in [-0.2, 0) is 4.79 Å². The lowest BCUT2D eigenvalue weighted by Crippen LogP contribution is -2.37. The third kappa shape index (κ3) is 4.72. The van der Waals surface area contributed by atoms with E-state index in [1.54, 1.807) is 31.2 Å². The Kier molecular flexibility index (Phi) is 6.54. The van der Waals surface area contributed by atoms with Gasteiger partial charge in [0.15, 0.2) is 11.6 Å². The first-order chi connectivity index (χ1) is 12.5. The number of rotatable bonds is 7. The standard InChI is InChI=1S/C19H21FN2O4/c1-4-22(19(24)13-8-9-17(26-3)16(20)10-13)12-18(23)21-14-6-5-7-15(11-14)25-2/h5-11H,4,12H2,1-3H3,(H,21,23). The van der Waals surface area contributed by atoms with Gasteiger partial charge in [-0.2, -0.15) is 0 Å². The van der Waals surface area contributed by atoms with Crippen molar-refractivity contribution in [3.63, 3.8) is 0 Å². The van der Waals surface area contributed by atoms with Gasteiger partial charge in [-0.1, -0.05) is 6.07 Å². The molecule has 0 atom stereocenters. The molecule has 0 aliphatic rings. The van der Waals surface area contributed by atoms with Crippen LogP contribution in [0.4, 0.5) is 10.1 Å². The highest BCUT2D eigenvalue weighted by molar-refractivity contribution is 5.99. The first kappa shape index (κ1) is 19.2. The largest absolute Gasteiger partial charge is 0.497 e. The van der Waals surface area contributed by atoms with Gasteiger partial charge in [0.05, 0.1) is 14.2 Å². The van der Waals surface area contributed by atoms with Crippen molar-refractivity contribution in [1.29, 1.82) is 0 Å². The topological polar surface area (TPSA) is 67.9 Å². The zero-order valence-corrected chi connectivity index (χ0v) is 14.9. The van der Waals surface area contributed by atoms with Crippen molar-refractivity contribution in [1.82, 2.24) is 4.90 Å². The van der Waals surface area contributed by atoms with E-state index in [1.165, 1.54) is 31.3 Å². The number of nitrogens with one attached hydrogen (secondary N) is 1. The Bertz CT molecular complexity index is 795. The minimum atomic E-state index is -0.629. The first-order valence-electron chi connectivity index (χ1n) is 8.05. The van der Waals surface area contributed by atoms with Gasteiger partial charge in [-0.15, -0.1) is 0 Å². The summed E-state index contributed by atoms with van der Waals surface area (Å²) in [5.74, 6) is -0.757. The third-order valence-corrected chi connectivity index (χ3v) is 3.76. The maximum atomic E-state index is 13.8. The van der Waals surface area contributed by atoms with Crippen molar-refractivity contribution in [3.8, 4) is 11.5 Å². The molecule has 0 aliphatic carbocycles. The van der Waals surface area contributed by atoms with E-state index in [0.29, 0.717) is 18.0 Å². The van der Waals surface area contributed by atoms with E-state index < -0.39 is 11.7 Å². The fraction of sp³-hybridized carbons (Fsp3) is 0.263. The van der Waals surface area contributed by atoms with Gasteiger partial charge in [0, 0.05) is 23.9 Å². The summed E-state index contributed by atoms with van der Waals surface area (Å²) in [4.78, 5) is 26.1. The molecule has 2 aromatic rings. The average Bonchev–Trinajstić information content (AvgIpc) is 2.65. The summed E-state index contributed by atoms with van der Waals surface area (Å²) in [5.41, 5.74) is 0.715. The number of benzene rings is 2. The maximum absolute atomic E-state index is 13.8. The number of methoxy groups -OCH3 is 2. The molecule has 138 valence electrons. The van der Waals surface area contributed by atoms with Gasteiger partial charge < -0.3 is 19.7 Å². The van der Waals surface area contributed by atoms with Crippen molar-refractivity contribution in [3.05, 3.63) is 53.8 Å². The number of hydrogen-bond acceptors (Lipinski definition) is 4. The van der Waals surface area contributed by atoms with E-state index in [0.717, 1.165) is 6.07 Å². The van der Waals surface area contributed by atoms with E-state index in [4.69, 9.17) is 9.47 Å². The lowest BCUT2D eigenvalue weighted by Gasteiger charge is -2.20. The molecule has 6 nitrogen and oxygen atoms in total. The molecule has 1 N–H and O–H groups in total. The number of likely N-dealkylation sites (N-methyl/N-ethyl adjacent to an activating group) is 1. The second-order valence-corrected chi connectivity index (χ2v) is 5.45. The molecule has 0 aliphatic heterocycles. The third-order valence-electron chi connectivity index (χ3n) is 3.76. The fourth-order valence-electron chi connectivity index (χ4n) is 2.38. The molecule has 0 bridgehead atoms. The van der Waals surface area contributed by atoms with Crippen LogP contribution < -0.4 is 14.8 Å². The summed E-state index contributed by atoms with van der Waals surface area (Å²) in [6.07, 6.45) is 0. The molecule has 0 saturated heterocycles. The van der Waals surface area contributed by atoms with Crippen molar-refractivity contribution < 1.29 is 23.5 Å². The van der Waals surface area contributed by atoms with Gasteiger partial charge in [0.1, 0.15) is 12.3 Å². The number of hydrogen-bond donors (Lipinski definition) is 1. The van der Waals surface area contributed by atoms with Crippen LogP contribution in [0.1, 0.15) is 17.3 Å². The number of halogens is 1. The highest BCUT2D eigenvalue weighted by atomic mass is 19.1. The van der Waals surface area contributed by atoms with Crippen LogP contribution in [0.5, 0.6) is 11.5 Å². The average molecular weight is 360 g/mol. The van der Waals surface area contributed by atoms with Crippen LogP contribution in [-0.4, -0.2) is 44.0 Å². The smallest absolute Gasteiger partial charge is 0.254 e. The fourth-order valence-corrected chi connectivity index (χ4v) is 2.38. The molecule has 0 unspecified atom stereocenters. The van der Waals surface area contributed by atoms with Crippen LogP contribution in [0.25, 0.3) is 0 Å². The molecule has 0 spiro atoms. The Morgan fingerprint density at radius 3 is 2.50 bits per heavy atom. The lowest BCUT2D eigenvalue weighted by molar-refractivity contribution is -0.116. The molecule has 2 amide bonds. The van der Waals surface area contributed by atoms with Gasteiger partial charge >= 0.3 is 0 Å². The number of carbonyl (C=O) groups excluding carboxylic acids is 2. The Balaban J connectivity index is 2.06. The summed E-state index contributed by atoms with van der Waals surface area (Å²) >= 11 is 0. The van der Waals surface area contributed by atoms with Crippen molar-refractivity contribution >= 4 is 17.5 Å². The lowest BCUT2D eigenvalue weighted by atomic mass is 10.1. The van der Waals surface area contributed by atoms with E-state index in [2.05, 4.69) is 5.32 Å². The van der Waals surface area contributed by atoms with E-state index >= 15 is 0 Å². The van der Waals surface area contributed by atoms with Crippen LogP contribution in [0.15, 0.2) is 42.5 Å². The summed E-state index contributed by atoms with van der Waals surface area (Å²) in [5, 5.41) is 2.71. The Morgan fingerprint density at radius 2 is 1.88 bits per heavy atom. The van der Waals surface area contributed by atoms with Gasteiger partial charge in [0.2, 0.25) is 5.91 Å². The molecule has 0 fully saturated rings. The number of nitrogens with zero attached hydrogens (tertiary/aromatic N) is 1.